The van der Waals surface area contributed by atoms with E-state index in [1.165, 1.54) is 295 Å². The first-order valence-electron chi connectivity index (χ1n) is 33.5. The molecule has 0 aromatic carbocycles. The minimum atomic E-state index is -0.761. The fourth-order valence-corrected chi connectivity index (χ4v) is 10.6. The molecule has 0 aliphatic carbocycles. The molecule has 73 heavy (non-hydrogen) atoms. The highest BCUT2D eigenvalue weighted by atomic mass is 16.6. The van der Waals surface area contributed by atoms with Crippen molar-refractivity contribution in [2.24, 2.45) is 0 Å². The first kappa shape index (κ1) is 71.4. The fraction of sp³-hybridized carbons (Fsp3) is 0.955. The van der Waals surface area contributed by atoms with E-state index in [-0.39, 0.29) is 31.1 Å². The first-order valence-corrected chi connectivity index (χ1v) is 33.5. The van der Waals surface area contributed by atoms with Crippen LogP contribution in [0.4, 0.5) is 0 Å². The van der Waals surface area contributed by atoms with E-state index in [1.54, 1.807) is 0 Å². The van der Waals surface area contributed by atoms with Gasteiger partial charge < -0.3 is 14.2 Å². The highest BCUT2D eigenvalue weighted by Crippen LogP contribution is 2.19. The van der Waals surface area contributed by atoms with Crippen LogP contribution in [0, 0.1) is 0 Å². The molecule has 0 aromatic heterocycles. The van der Waals surface area contributed by atoms with Crippen LogP contribution in [0.25, 0.3) is 0 Å². The van der Waals surface area contributed by atoms with Crippen LogP contribution in [0.5, 0.6) is 0 Å². The molecule has 0 aromatic rings. The molecule has 434 valence electrons. The highest BCUT2D eigenvalue weighted by Gasteiger charge is 2.19. The molecule has 0 spiro atoms. The van der Waals surface area contributed by atoms with Crippen molar-refractivity contribution in [2.75, 3.05) is 13.2 Å². The van der Waals surface area contributed by atoms with Gasteiger partial charge in [-0.05, 0) is 19.3 Å². The van der Waals surface area contributed by atoms with Crippen LogP contribution < -0.4 is 0 Å². The molecule has 0 radical (unpaired) electrons. The normalized spacial score (nSPS) is 11.9. The van der Waals surface area contributed by atoms with Crippen molar-refractivity contribution >= 4 is 17.9 Å². The smallest absolute Gasteiger partial charge is 0.306 e. The third-order valence-electron chi connectivity index (χ3n) is 15.6. The summed E-state index contributed by atoms with van der Waals surface area (Å²) >= 11 is 0. The third-order valence-corrected chi connectivity index (χ3v) is 15.6. The Hall–Kier alpha value is -1.59. The molecule has 0 N–H and O–H groups in total. The summed E-state index contributed by atoms with van der Waals surface area (Å²) in [4.78, 5) is 38.1. The molecule has 0 saturated heterocycles. The van der Waals surface area contributed by atoms with Gasteiger partial charge in [-0.1, -0.05) is 355 Å². The summed E-state index contributed by atoms with van der Waals surface area (Å²) in [5.41, 5.74) is 0. The van der Waals surface area contributed by atoms with Crippen LogP contribution >= 0.6 is 0 Å². The lowest BCUT2D eigenvalue weighted by molar-refractivity contribution is -0.167. The number of unbranched alkanes of at least 4 members (excludes halogenated alkanes) is 52. The van der Waals surface area contributed by atoms with Gasteiger partial charge in [0.05, 0.1) is 0 Å². The van der Waals surface area contributed by atoms with Crippen molar-refractivity contribution in [3.8, 4) is 0 Å². The Kier molecular flexibility index (Phi) is 61.6. The van der Waals surface area contributed by atoms with Gasteiger partial charge in [-0.25, -0.2) is 0 Å². The molecule has 0 heterocycles. The van der Waals surface area contributed by atoms with Crippen molar-refractivity contribution in [1.82, 2.24) is 0 Å². The van der Waals surface area contributed by atoms with Crippen molar-refractivity contribution in [2.45, 2.75) is 399 Å². The number of hydrogen-bond acceptors (Lipinski definition) is 6. The molecule has 1 unspecified atom stereocenters. The zero-order valence-electron chi connectivity index (χ0n) is 50.0. The van der Waals surface area contributed by atoms with E-state index in [0.717, 1.165) is 57.8 Å². The second-order valence-electron chi connectivity index (χ2n) is 23.1. The van der Waals surface area contributed by atoms with Gasteiger partial charge >= 0.3 is 17.9 Å². The zero-order valence-corrected chi connectivity index (χ0v) is 50.0. The molecule has 0 amide bonds. The van der Waals surface area contributed by atoms with Crippen molar-refractivity contribution in [3.05, 3.63) is 0 Å². The quantitative estimate of drug-likeness (QED) is 0.0343. The van der Waals surface area contributed by atoms with Gasteiger partial charge in [0, 0.05) is 19.3 Å². The molecule has 0 bridgehead atoms. The van der Waals surface area contributed by atoms with Crippen LogP contribution in [0.2, 0.25) is 0 Å². The molecular weight excluding hydrogens is 901 g/mol. The number of hydrogen-bond donors (Lipinski definition) is 0. The monoisotopic (exact) mass is 1030 g/mol. The highest BCUT2D eigenvalue weighted by molar-refractivity contribution is 5.71. The van der Waals surface area contributed by atoms with Crippen LogP contribution in [-0.4, -0.2) is 37.2 Å². The summed E-state index contributed by atoms with van der Waals surface area (Å²) < 4.78 is 16.9. The fourth-order valence-electron chi connectivity index (χ4n) is 10.6. The predicted molar refractivity (Wildman–Crippen MR) is 317 cm³/mol. The van der Waals surface area contributed by atoms with E-state index in [2.05, 4.69) is 20.8 Å². The summed E-state index contributed by atoms with van der Waals surface area (Å²) in [5, 5.41) is 0. The summed E-state index contributed by atoms with van der Waals surface area (Å²) in [6, 6.07) is 0. The van der Waals surface area contributed by atoms with Crippen LogP contribution in [-0.2, 0) is 28.6 Å². The molecule has 0 aliphatic rings. The minimum Gasteiger partial charge on any atom is -0.462 e. The lowest BCUT2D eigenvalue weighted by atomic mass is 10.0. The Bertz CT molecular complexity index is 1090. The first-order chi connectivity index (χ1) is 36.0. The van der Waals surface area contributed by atoms with Crippen molar-refractivity contribution in [3.63, 3.8) is 0 Å². The molecule has 0 rings (SSSR count). The number of rotatable bonds is 63. The Morgan fingerprint density at radius 1 is 0.219 bits per heavy atom. The largest absolute Gasteiger partial charge is 0.462 e. The lowest BCUT2D eigenvalue weighted by Gasteiger charge is -2.18. The average molecular weight is 1030 g/mol. The van der Waals surface area contributed by atoms with Crippen molar-refractivity contribution in [1.29, 1.82) is 0 Å². The van der Waals surface area contributed by atoms with Gasteiger partial charge in [0.25, 0.3) is 0 Å². The maximum Gasteiger partial charge on any atom is 0.306 e. The summed E-state index contributed by atoms with van der Waals surface area (Å²) in [5.74, 6) is -0.834. The van der Waals surface area contributed by atoms with E-state index in [4.69, 9.17) is 14.2 Å². The Labute approximate surface area is 457 Å². The number of ether oxygens (including phenoxy) is 3. The van der Waals surface area contributed by atoms with Crippen LogP contribution in [0.15, 0.2) is 0 Å². The van der Waals surface area contributed by atoms with E-state index in [0.29, 0.717) is 19.3 Å². The topological polar surface area (TPSA) is 78.9 Å². The molecule has 1 atom stereocenters. The second kappa shape index (κ2) is 62.9. The zero-order chi connectivity index (χ0) is 52.9. The lowest BCUT2D eigenvalue weighted by Crippen LogP contribution is -2.30. The van der Waals surface area contributed by atoms with Gasteiger partial charge in [0.2, 0.25) is 0 Å². The van der Waals surface area contributed by atoms with Crippen molar-refractivity contribution < 1.29 is 28.6 Å². The Balaban J connectivity index is 3.99. The minimum absolute atomic E-state index is 0.0613. The standard InChI is InChI=1S/C67H130O6/c1-4-7-10-13-16-19-21-23-25-27-28-29-30-31-32-33-34-35-36-37-38-39-41-42-44-46-48-51-54-57-60-66(69)72-63-64(62-71-65(68)59-56-53-50-18-15-12-9-6-3)73-67(70)61-58-55-52-49-47-45-43-40-26-24-22-20-17-14-11-8-5-2/h64H,4-63H2,1-3H3. The average Bonchev–Trinajstić information content (AvgIpc) is 3.39. The number of carbonyl (C=O) groups excluding carboxylic acids is 3. The Morgan fingerprint density at radius 3 is 0.548 bits per heavy atom. The van der Waals surface area contributed by atoms with E-state index in [1.807, 2.05) is 0 Å². The second-order valence-corrected chi connectivity index (χ2v) is 23.1. The molecule has 6 heteroatoms. The van der Waals surface area contributed by atoms with Crippen LogP contribution in [0.3, 0.4) is 0 Å². The van der Waals surface area contributed by atoms with Gasteiger partial charge in [0.15, 0.2) is 6.10 Å². The molecule has 0 aliphatic heterocycles. The molecule has 0 saturated carbocycles. The SMILES string of the molecule is CCCCCCCCCCCCCCCCCCCCCCCCCCCCCCCCC(=O)OCC(COC(=O)CCCCCCCCCC)OC(=O)CCCCCCCCCCCCCCCCCCC. The molecular formula is C67H130O6. The predicted octanol–water partition coefficient (Wildman–Crippen LogP) is 22.7. The maximum absolute atomic E-state index is 12.9. The molecule has 6 nitrogen and oxygen atoms in total. The maximum atomic E-state index is 12.9. The van der Waals surface area contributed by atoms with Gasteiger partial charge in [0.1, 0.15) is 13.2 Å². The van der Waals surface area contributed by atoms with Gasteiger partial charge in [-0.15, -0.1) is 0 Å². The summed E-state index contributed by atoms with van der Waals surface area (Å²) in [6.07, 6.45) is 73.0. The van der Waals surface area contributed by atoms with E-state index >= 15 is 0 Å². The number of esters is 3. The third kappa shape index (κ3) is 61.1. The summed E-state index contributed by atoms with van der Waals surface area (Å²) in [6.45, 7) is 6.69. The van der Waals surface area contributed by atoms with E-state index in [9.17, 15) is 14.4 Å². The number of carbonyl (C=O) groups is 3. The summed E-state index contributed by atoms with van der Waals surface area (Å²) in [7, 11) is 0. The van der Waals surface area contributed by atoms with E-state index < -0.39 is 6.10 Å². The van der Waals surface area contributed by atoms with Gasteiger partial charge in [-0.3, -0.25) is 14.4 Å². The molecule has 0 fully saturated rings. The Morgan fingerprint density at radius 2 is 0.370 bits per heavy atom. The van der Waals surface area contributed by atoms with Gasteiger partial charge in [-0.2, -0.15) is 0 Å². The van der Waals surface area contributed by atoms with Crippen LogP contribution in [0.1, 0.15) is 393 Å².